The number of carbonyl (C=O) groups is 2. The maximum absolute atomic E-state index is 12.8. The van der Waals surface area contributed by atoms with Crippen LogP contribution in [0.3, 0.4) is 0 Å². The molecule has 5 N–H and O–H groups in total. The number of halogens is 1. The molecule has 10 nitrogen and oxygen atoms in total. The fourth-order valence-electron chi connectivity index (χ4n) is 3.07. The van der Waals surface area contributed by atoms with Crippen LogP contribution in [0.2, 0.25) is 5.02 Å². The number of carbonyl (C=O) groups excluding carboxylic acids is 2. The summed E-state index contributed by atoms with van der Waals surface area (Å²) in [5.74, 6) is -0.514. The van der Waals surface area contributed by atoms with Gasteiger partial charge < -0.3 is 11.5 Å². The van der Waals surface area contributed by atoms with Crippen molar-refractivity contribution in [2.45, 2.75) is 52.0 Å². The minimum atomic E-state index is -0.395. The number of hydrogen-bond acceptors (Lipinski definition) is 10. The van der Waals surface area contributed by atoms with Crippen molar-refractivity contribution < 1.29 is 9.59 Å². The molecule has 0 radical (unpaired) electrons. The number of anilines is 2. The van der Waals surface area contributed by atoms with E-state index in [-0.39, 0.29) is 47.5 Å². The van der Waals surface area contributed by atoms with Gasteiger partial charge >= 0.3 is 0 Å². The Morgan fingerprint density at radius 1 is 1.18 bits per heavy atom. The molecular formula is C21H25ClN8O2S. The lowest BCUT2D eigenvalue weighted by molar-refractivity contribution is 0.0968. The van der Waals surface area contributed by atoms with E-state index in [9.17, 15) is 9.59 Å². The Bertz CT molecular complexity index is 1190. The van der Waals surface area contributed by atoms with Crippen LogP contribution in [0.15, 0.2) is 18.7 Å². The predicted molar refractivity (Wildman–Crippen MR) is 128 cm³/mol. The number of nitrogens with two attached hydrogens (primary N) is 2. The van der Waals surface area contributed by atoms with Gasteiger partial charge in [0.2, 0.25) is 5.95 Å². The van der Waals surface area contributed by atoms with Gasteiger partial charge in [-0.3, -0.25) is 14.9 Å². The SMILES string of the molecule is CC(CC(=O)c1ncnc(N)c1CN)c1ncc(C(=O)Nc2ncc(Cl)c(C(C)(C)C)n2)s1. The number of aromatic nitrogens is 5. The summed E-state index contributed by atoms with van der Waals surface area (Å²) >= 11 is 7.38. The Labute approximate surface area is 200 Å². The second kappa shape index (κ2) is 9.86. The van der Waals surface area contributed by atoms with Gasteiger partial charge in [-0.25, -0.2) is 24.9 Å². The highest BCUT2D eigenvalue weighted by molar-refractivity contribution is 7.13. The van der Waals surface area contributed by atoms with Crippen LogP contribution in [0.5, 0.6) is 0 Å². The van der Waals surface area contributed by atoms with Crippen molar-refractivity contribution in [1.82, 2.24) is 24.9 Å². The molecule has 1 amide bonds. The van der Waals surface area contributed by atoms with E-state index >= 15 is 0 Å². The molecule has 1 unspecified atom stereocenters. The summed E-state index contributed by atoms with van der Waals surface area (Å²) < 4.78 is 0. The Hall–Kier alpha value is -3.02. The summed E-state index contributed by atoms with van der Waals surface area (Å²) in [5.41, 5.74) is 12.4. The Morgan fingerprint density at radius 2 is 1.91 bits per heavy atom. The van der Waals surface area contributed by atoms with Crippen LogP contribution in [0.4, 0.5) is 11.8 Å². The molecule has 1 atom stereocenters. The fourth-order valence-corrected chi connectivity index (χ4v) is 4.31. The van der Waals surface area contributed by atoms with Gasteiger partial charge in [-0.1, -0.05) is 39.3 Å². The molecule has 174 valence electrons. The second-order valence-corrected chi connectivity index (χ2v) is 9.94. The van der Waals surface area contributed by atoms with Crippen LogP contribution in [0, 0.1) is 0 Å². The molecule has 0 aromatic carbocycles. The Balaban J connectivity index is 1.71. The minimum absolute atomic E-state index is 0.0629. The van der Waals surface area contributed by atoms with Crippen molar-refractivity contribution in [3.8, 4) is 0 Å². The van der Waals surface area contributed by atoms with Crippen LogP contribution in [0.25, 0.3) is 0 Å². The summed E-state index contributed by atoms with van der Waals surface area (Å²) in [6.45, 7) is 7.82. The number of ketones is 1. The quantitative estimate of drug-likeness (QED) is 0.423. The van der Waals surface area contributed by atoms with Crippen molar-refractivity contribution in [2.75, 3.05) is 11.1 Å². The lowest BCUT2D eigenvalue weighted by Crippen LogP contribution is -2.18. The normalized spacial score (nSPS) is 12.4. The average molecular weight is 489 g/mol. The van der Waals surface area contributed by atoms with Crippen LogP contribution >= 0.6 is 22.9 Å². The molecule has 0 aliphatic rings. The highest BCUT2D eigenvalue weighted by Crippen LogP contribution is 2.29. The molecule has 0 saturated heterocycles. The maximum atomic E-state index is 12.8. The van der Waals surface area contributed by atoms with E-state index in [2.05, 4.69) is 30.2 Å². The number of nitrogen functional groups attached to an aromatic ring is 1. The van der Waals surface area contributed by atoms with E-state index in [1.807, 2.05) is 27.7 Å². The van der Waals surface area contributed by atoms with E-state index < -0.39 is 5.91 Å². The number of nitrogens with zero attached hydrogens (tertiary/aromatic N) is 5. The summed E-state index contributed by atoms with van der Waals surface area (Å²) in [5, 5.41) is 3.75. The zero-order valence-electron chi connectivity index (χ0n) is 18.7. The highest BCUT2D eigenvalue weighted by atomic mass is 35.5. The number of Topliss-reactive ketones (excluding diaryl/α,β-unsaturated/α-hetero) is 1. The minimum Gasteiger partial charge on any atom is -0.383 e. The zero-order valence-corrected chi connectivity index (χ0v) is 20.3. The van der Waals surface area contributed by atoms with Gasteiger partial charge in [-0.2, -0.15) is 0 Å². The molecule has 33 heavy (non-hydrogen) atoms. The van der Waals surface area contributed by atoms with E-state index in [0.29, 0.717) is 26.2 Å². The van der Waals surface area contributed by atoms with Crippen LogP contribution in [-0.2, 0) is 12.0 Å². The van der Waals surface area contributed by atoms with E-state index in [4.69, 9.17) is 23.1 Å². The summed E-state index contributed by atoms with van der Waals surface area (Å²) in [7, 11) is 0. The zero-order chi connectivity index (χ0) is 24.3. The molecular weight excluding hydrogens is 464 g/mol. The van der Waals surface area contributed by atoms with Gasteiger partial charge in [-0.15, -0.1) is 11.3 Å². The summed E-state index contributed by atoms with van der Waals surface area (Å²) in [6.07, 6.45) is 4.30. The third-order valence-electron chi connectivity index (χ3n) is 4.79. The van der Waals surface area contributed by atoms with E-state index in [0.717, 1.165) is 0 Å². The molecule has 0 bridgehead atoms. The molecule has 0 fully saturated rings. The average Bonchev–Trinajstić information content (AvgIpc) is 3.24. The topological polar surface area (TPSA) is 163 Å². The Morgan fingerprint density at radius 3 is 2.58 bits per heavy atom. The molecule has 12 heteroatoms. The maximum Gasteiger partial charge on any atom is 0.269 e. The molecule has 3 aromatic rings. The largest absolute Gasteiger partial charge is 0.383 e. The van der Waals surface area contributed by atoms with Crippen molar-refractivity contribution in [1.29, 1.82) is 0 Å². The Kier molecular flexibility index (Phi) is 7.35. The van der Waals surface area contributed by atoms with Crippen molar-refractivity contribution in [2.24, 2.45) is 5.73 Å². The van der Waals surface area contributed by atoms with Crippen molar-refractivity contribution in [3.05, 3.63) is 50.6 Å². The predicted octanol–water partition coefficient (Wildman–Crippen LogP) is 3.34. The van der Waals surface area contributed by atoms with Gasteiger partial charge in [-0.05, 0) is 0 Å². The lowest BCUT2D eigenvalue weighted by atomic mass is 9.92. The van der Waals surface area contributed by atoms with Gasteiger partial charge in [0.15, 0.2) is 5.78 Å². The standard InChI is InChI=1S/C21H25ClN8O2S/c1-10(5-13(31)15-11(6-23)17(24)28-9-27-15)19-25-8-14(33-19)18(32)30-20-26-7-12(22)16(29-20)21(2,3)4/h7-10H,5-6,23H2,1-4H3,(H2,24,27,28)(H,26,29,30,32). The monoisotopic (exact) mass is 488 g/mol. The number of rotatable bonds is 7. The number of nitrogens with one attached hydrogen (secondary N) is 1. The number of hydrogen-bond donors (Lipinski definition) is 3. The molecule has 0 saturated carbocycles. The van der Waals surface area contributed by atoms with Gasteiger partial charge in [0.25, 0.3) is 5.91 Å². The fraction of sp³-hybridized carbons (Fsp3) is 0.381. The molecule has 3 heterocycles. The first kappa shape index (κ1) is 24.6. The number of thiazole rings is 1. The molecule has 3 aromatic heterocycles. The van der Waals surface area contributed by atoms with E-state index in [1.165, 1.54) is 30.1 Å². The molecule has 0 spiro atoms. The summed E-state index contributed by atoms with van der Waals surface area (Å²) in [4.78, 5) is 46.5. The van der Waals surface area contributed by atoms with Crippen LogP contribution in [-0.4, -0.2) is 36.6 Å². The molecule has 3 rings (SSSR count). The molecule has 0 aliphatic carbocycles. The third-order valence-corrected chi connectivity index (χ3v) is 6.29. The summed E-state index contributed by atoms with van der Waals surface area (Å²) in [6, 6.07) is 0. The first-order chi connectivity index (χ1) is 15.5. The smallest absolute Gasteiger partial charge is 0.269 e. The van der Waals surface area contributed by atoms with Gasteiger partial charge in [0.05, 0.1) is 28.1 Å². The van der Waals surface area contributed by atoms with Gasteiger partial charge in [0, 0.05) is 29.9 Å². The number of amides is 1. The third kappa shape index (κ3) is 5.67. The highest BCUT2D eigenvalue weighted by Gasteiger charge is 2.23. The van der Waals surface area contributed by atoms with E-state index in [1.54, 1.807) is 0 Å². The van der Waals surface area contributed by atoms with Crippen LogP contribution in [0.1, 0.15) is 76.5 Å². The molecule has 0 aliphatic heterocycles. The van der Waals surface area contributed by atoms with Crippen LogP contribution < -0.4 is 16.8 Å². The van der Waals surface area contributed by atoms with Crippen molar-refractivity contribution in [3.63, 3.8) is 0 Å². The van der Waals surface area contributed by atoms with Gasteiger partial charge in [0.1, 0.15) is 22.7 Å². The lowest BCUT2D eigenvalue weighted by Gasteiger charge is -2.19. The van der Waals surface area contributed by atoms with Crippen molar-refractivity contribution >= 4 is 46.4 Å². The first-order valence-electron chi connectivity index (χ1n) is 10.1. The second-order valence-electron chi connectivity index (χ2n) is 8.48. The first-order valence-corrected chi connectivity index (χ1v) is 11.3.